The standard InChI is InChI=1S/C26H26/c1-7-11-19(8-2)20-14-15-23-24(16-20)26(18(5)6)22-13-10-9-12-21(22)25(23)17(3)4/h7-16H,3,5H2,1-2,4,6H3/b11-7-,19-8+. The highest BCUT2D eigenvalue weighted by Crippen LogP contribution is 2.39. The van der Waals surface area contributed by atoms with Crippen molar-refractivity contribution in [1.82, 2.24) is 0 Å². The van der Waals surface area contributed by atoms with Crippen molar-refractivity contribution < 1.29 is 0 Å². The summed E-state index contributed by atoms with van der Waals surface area (Å²) in [5.74, 6) is 0. The van der Waals surface area contributed by atoms with Gasteiger partial charge in [-0.05, 0) is 88.7 Å². The van der Waals surface area contributed by atoms with Gasteiger partial charge in [0.1, 0.15) is 0 Å². The Hall–Kier alpha value is -2.86. The topological polar surface area (TPSA) is 0 Å². The fourth-order valence-corrected chi connectivity index (χ4v) is 3.82. The van der Waals surface area contributed by atoms with Crippen molar-refractivity contribution >= 4 is 38.3 Å². The molecule has 3 rings (SSSR count). The molecule has 0 heteroatoms. The molecule has 3 aromatic carbocycles. The Morgan fingerprint density at radius 1 is 0.769 bits per heavy atom. The molecule has 0 spiro atoms. The lowest BCUT2D eigenvalue weighted by Gasteiger charge is -2.18. The number of hydrogen-bond acceptors (Lipinski definition) is 0. The zero-order valence-electron chi connectivity index (χ0n) is 16.2. The van der Waals surface area contributed by atoms with Gasteiger partial charge >= 0.3 is 0 Å². The van der Waals surface area contributed by atoms with Crippen LogP contribution in [0, 0.1) is 0 Å². The lowest BCUT2D eigenvalue weighted by molar-refractivity contribution is 1.59. The van der Waals surface area contributed by atoms with Gasteiger partial charge in [0.2, 0.25) is 0 Å². The Balaban J connectivity index is 2.54. The molecule has 0 amide bonds. The van der Waals surface area contributed by atoms with Crippen LogP contribution in [0.1, 0.15) is 44.4 Å². The van der Waals surface area contributed by atoms with Crippen LogP contribution in [0.4, 0.5) is 0 Å². The summed E-state index contributed by atoms with van der Waals surface area (Å²) in [6, 6.07) is 15.3. The largest absolute Gasteiger partial charge is 0.0955 e. The van der Waals surface area contributed by atoms with Crippen LogP contribution in [0.3, 0.4) is 0 Å². The Morgan fingerprint density at radius 2 is 1.31 bits per heavy atom. The molecule has 0 aliphatic rings. The number of allylic oxidation sites excluding steroid dienone is 6. The minimum Gasteiger partial charge on any atom is -0.0955 e. The molecule has 0 aliphatic carbocycles. The SMILES string of the molecule is C=C(C)c1c2ccccc2c(C(=C)C)c2cc(C(/C=C\C)=C/C)ccc12. The van der Waals surface area contributed by atoms with Crippen LogP contribution in [-0.2, 0) is 0 Å². The van der Waals surface area contributed by atoms with E-state index in [1.54, 1.807) is 0 Å². The van der Waals surface area contributed by atoms with Gasteiger partial charge in [0.15, 0.2) is 0 Å². The molecule has 130 valence electrons. The van der Waals surface area contributed by atoms with Crippen molar-refractivity contribution in [3.63, 3.8) is 0 Å². The van der Waals surface area contributed by atoms with Crippen molar-refractivity contribution in [3.8, 4) is 0 Å². The van der Waals surface area contributed by atoms with E-state index in [9.17, 15) is 0 Å². The summed E-state index contributed by atoms with van der Waals surface area (Å²) in [6.07, 6.45) is 6.39. The molecule has 26 heavy (non-hydrogen) atoms. The molecule has 3 aromatic rings. The fraction of sp³-hybridized carbons (Fsp3) is 0.154. The third-order valence-corrected chi connectivity index (χ3v) is 4.87. The highest BCUT2D eigenvalue weighted by Gasteiger charge is 2.15. The van der Waals surface area contributed by atoms with E-state index in [1.807, 2.05) is 0 Å². The second-order valence-corrected chi connectivity index (χ2v) is 6.86. The number of rotatable bonds is 4. The molecular formula is C26H26. The van der Waals surface area contributed by atoms with Crippen LogP contribution >= 0.6 is 0 Å². The monoisotopic (exact) mass is 338 g/mol. The van der Waals surface area contributed by atoms with Crippen molar-refractivity contribution in [2.45, 2.75) is 27.7 Å². The summed E-state index contributed by atoms with van der Waals surface area (Å²) < 4.78 is 0. The summed E-state index contributed by atoms with van der Waals surface area (Å²) >= 11 is 0. The van der Waals surface area contributed by atoms with E-state index in [0.717, 1.165) is 11.1 Å². The first-order chi connectivity index (χ1) is 12.5. The normalized spacial score (nSPS) is 12.2. The first kappa shape index (κ1) is 17.9. The second-order valence-electron chi connectivity index (χ2n) is 6.86. The summed E-state index contributed by atoms with van der Waals surface area (Å²) in [6.45, 7) is 16.9. The van der Waals surface area contributed by atoms with Gasteiger partial charge in [-0.3, -0.25) is 0 Å². The molecule has 0 N–H and O–H groups in total. The zero-order chi connectivity index (χ0) is 18.8. The average Bonchev–Trinajstić information content (AvgIpc) is 2.62. The summed E-state index contributed by atoms with van der Waals surface area (Å²) in [5.41, 5.74) is 7.10. The molecule has 0 bridgehead atoms. The molecule has 0 heterocycles. The maximum atomic E-state index is 4.28. The molecule has 0 unspecified atom stereocenters. The van der Waals surface area contributed by atoms with E-state index in [2.05, 4.69) is 102 Å². The molecule has 0 radical (unpaired) electrons. The van der Waals surface area contributed by atoms with Gasteiger partial charge in [0.25, 0.3) is 0 Å². The van der Waals surface area contributed by atoms with Gasteiger partial charge in [0.05, 0.1) is 0 Å². The minimum atomic E-state index is 1.09. The van der Waals surface area contributed by atoms with Crippen molar-refractivity contribution in [2.24, 2.45) is 0 Å². The maximum Gasteiger partial charge on any atom is -0.00753 e. The van der Waals surface area contributed by atoms with Gasteiger partial charge in [-0.2, -0.15) is 0 Å². The van der Waals surface area contributed by atoms with Crippen LogP contribution in [0.25, 0.3) is 38.3 Å². The van der Waals surface area contributed by atoms with E-state index in [4.69, 9.17) is 0 Å². The van der Waals surface area contributed by atoms with E-state index in [0.29, 0.717) is 0 Å². The number of fused-ring (bicyclic) bond motifs is 2. The smallest absolute Gasteiger partial charge is 0.00753 e. The third-order valence-electron chi connectivity index (χ3n) is 4.87. The lowest BCUT2D eigenvalue weighted by Crippen LogP contribution is -1.94. The average molecular weight is 338 g/mol. The predicted octanol–water partition coefficient (Wildman–Crippen LogP) is 8.04. The molecule has 0 fully saturated rings. The molecule has 0 nitrogen and oxygen atoms in total. The first-order valence-corrected chi connectivity index (χ1v) is 9.09. The van der Waals surface area contributed by atoms with Crippen LogP contribution in [0.5, 0.6) is 0 Å². The van der Waals surface area contributed by atoms with Gasteiger partial charge in [-0.15, -0.1) is 0 Å². The maximum absolute atomic E-state index is 4.28. The number of benzene rings is 3. The third kappa shape index (κ3) is 2.93. The predicted molar refractivity (Wildman–Crippen MR) is 119 cm³/mol. The van der Waals surface area contributed by atoms with Crippen molar-refractivity contribution in [2.75, 3.05) is 0 Å². The Kier molecular flexibility index (Phi) is 4.95. The summed E-state index contributed by atoms with van der Waals surface area (Å²) in [7, 11) is 0. The molecular weight excluding hydrogens is 312 g/mol. The van der Waals surface area contributed by atoms with Crippen LogP contribution in [-0.4, -0.2) is 0 Å². The van der Waals surface area contributed by atoms with E-state index < -0.39 is 0 Å². The van der Waals surface area contributed by atoms with E-state index >= 15 is 0 Å². The van der Waals surface area contributed by atoms with E-state index in [-0.39, 0.29) is 0 Å². The molecule has 0 saturated heterocycles. The highest BCUT2D eigenvalue weighted by atomic mass is 14.2. The van der Waals surface area contributed by atoms with Crippen LogP contribution in [0.15, 0.2) is 73.9 Å². The summed E-state index contributed by atoms with van der Waals surface area (Å²) in [4.78, 5) is 0. The molecule has 0 aromatic heterocycles. The highest BCUT2D eigenvalue weighted by molar-refractivity contribution is 6.15. The minimum absolute atomic E-state index is 1.09. The van der Waals surface area contributed by atoms with Gasteiger partial charge < -0.3 is 0 Å². The van der Waals surface area contributed by atoms with Crippen molar-refractivity contribution in [1.29, 1.82) is 0 Å². The fourth-order valence-electron chi connectivity index (χ4n) is 3.82. The van der Waals surface area contributed by atoms with Gasteiger partial charge in [-0.25, -0.2) is 0 Å². The van der Waals surface area contributed by atoms with Gasteiger partial charge in [0, 0.05) is 0 Å². The van der Waals surface area contributed by atoms with E-state index in [1.165, 1.54) is 43.8 Å². The molecule has 0 saturated carbocycles. The second kappa shape index (κ2) is 7.17. The van der Waals surface area contributed by atoms with Crippen LogP contribution < -0.4 is 0 Å². The zero-order valence-corrected chi connectivity index (χ0v) is 16.2. The van der Waals surface area contributed by atoms with Gasteiger partial charge in [-0.1, -0.05) is 67.8 Å². The quantitative estimate of drug-likeness (QED) is 0.333. The number of hydrogen-bond donors (Lipinski definition) is 0. The summed E-state index contributed by atoms with van der Waals surface area (Å²) in [5, 5.41) is 4.98. The first-order valence-electron chi connectivity index (χ1n) is 9.09. The Bertz CT molecular complexity index is 1090. The Morgan fingerprint density at radius 3 is 1.81 bits per heavy atom. The van der Waals surface area contributed by atoms with Crippen molar-refractivity contribution in [3.05, 3.63) is 90.5 Å². The lowest BCUT2D eigenvalue weighted by atomic mass is 9.85. The Labute approximate surface area is 156 Å². The molecule has 0 atom stereocenters. The van der Waals surface area contributed by atoms with Crippen LogP contribution in [0.2, 0.25) is 0 Å². The molecule has 0 aliphatic heterocycles.